The van der Waals surface area contributed by atoms with Crippen LogP contribution in [0.2, 0.25) is 0 Å². The van der Waals surface area contributed by atoms with Gasteiger partial charge in [0.05, 0.1) is 12.2 Å². The smallest absolute Gasteiger partial charge is 0.186 e. The molecule has 0 atom stereocenters. The summed E-state index contributed by atoms with van der Waals surface area (Å²) in [6.45, 7) is 9.23. The molecule has 0 spiro atoms. The number of nitrogens with zero attached hydrogens (tertiary/aromatic N) is 4. The third-order valence-corrected chi connectivity index (χ3v) is 3.14. The van der Waals surface area contributed by atoms with Gasteiger partial charge in [0.2, 0.25) is 0 Å². The van der Waals surface area contributed by atoms with Crippen LogP contribution in [0.4, 0.5) is 0 Å². The van der Waals surface area contributed by atoms with Crippen LogP contribution in [0.1, 0.15) is 37.7 Å². The monoisotopic (exact) mass is 284 g/mol. The molecule has 0 aliphatic heterocycles. The Bertz CT molecular complexity index is 644. The van der Waals surface area contributed by atoms with Gasteiger partial charge in [0.1, 0.15) is 18.4 Å². The van der Waals surface area contributed by atoms with Crippen LogP contribution in [0.15, 0.2) is 24.3 Å². The summed E-state index contributed by atoms with van der Waals surface area (Å²) in [4.78, 5) is 0. The maximum absolute atomic E-state index is 9.13. The van der Waals surface area contributed by atoms with Gasteiger partial charge in [-0.3, -0.25) is 0 Å². The van der Waals surface area contributed by atoms with Gasteiger partial charge >= 0.3 is 0 Å². The van der Waals surface area contributed by atoms with E-state index in [4.69, 9.17) is 10.00 Å². The molecular weight excluding hydrogens is 264 g/mol. The van der Waals surface area contributed by atoms with Gasteiger partial charge in [0.25, 0.3) is 0 Å². The van der Waals surface area contributed by atoms with Crippen LogP contribution >= 0.6 is 0 Å². The zero-order valence-electron chi connectivity index (χ0n) is 12.9. The molecule has 2 rings (SSSR count). The molecule has 0 amide bonds. The van der Waals surface area contributed by atoms with E-state index in [9.17, 15) is 0 Å². The maximum Gasteiger partial charge on any atom is 0.186 e. The molecule has 21 heavy (non-hydrogen) atoms. The fourth-order valence-electron chi connectivity index (χ4n) is 2.17. The molecule has 0 saturated carbocycles. The van der Waals surface area contributed by atoms with Crippen molar-refractivity contribution in [2.45, 2.75) is 39.7 Å². The number of aromatic nitrogens is 3. The third kappa shape index (κ3) is 3.60. The van der Waals surface area contributed by atoms with E-state index < -0.39 is 0 Å². The predicted octanol–water partition coefficient (Wildman–Crippen LogP) is 2.83. The Balaban J connectivity index is 2.06. The van der Waals surface area contributed by atoms with Crippen LogP contribution in [0.25, 0.3) is 0 Å². The standard InChI is InChI=1S/C16H20N4O/c1-12-5-7-13(8-6-12)21-10-9-20-15(16(2,3)4)14(11-17)18-19-20/h5-8H,9-10H2,1-4H3. The summed E-state index contributed by atoms with van der Waals surface area (Å²) in [7, 11) is 0. The highest BCUT2D eigenvalue weighted by Crippen LogP contribution is 2.24. The highest BCUT2D eigenvalue weighted by Gasteiger charge is 2.25. The lowest BCUT2D eigenvalue weighted by Gasteiger charge is -2.19. The van der Waals surface area contributed by atoms with Crippen LogP contribution in [0.5, 0.6) is 5.75 Å². The molecule has 1 aromatic heterocycles. The normalized spacial score (nSPS) is 11.2. The lowest BCUT2D eigenvalue weighted by molar-refractivity contribution is 0.283. The van der Waals surface area contributed by atoms with Gasteiger partial charge in [0, 0.05) is 5.41 Å². The summed E-state index contributed by atoms with van der Waals surface area (Å²) >= 11 is 0. The number of hydrogen-bond donors (Lipinski definition) is 0. The van der Waals surface area contributed by atoms with Crippen LogP contribution < -0.4 is 4.74 Å². The number of benzene rings is 1. The van der Waals surface area contributed by atoms with E-state index in [1.165, 1.54) is 5.56 Å². The minimum atomic E-state index is -0.182. The Kier molecular flexibility index (Phi) is 4.27. The fraction of sp³-hybridized carbons (Fsp3) is 0.438. The highest BCUT2D eigenvalue weighted by atomic mass is 16.5. The van der Waals surface area contributed by atoms with Crippen molar-refractivity contribution < 1.29 is 4.74 Å². The Morgan fingerprint density at radius 2 is 1.90 bits per heavy atom. The first kappa shape index (κ1) is 15.0. The van der Waals surface area contributed by atoms with Crippen molar-refractivity contribution in [3.63, 3.8) is 0 Å². The van der Waals surface area contributed by atoms with Crippen molar-refractivity contribution in [2.75, 3.05) is 6.61 Å². The zero-order chi connectivity index (χ0) is 15.5. The second-order valence-corrected chi connectivity index (χ2v) is 6.03. The Hall–Kier alpha value is -2.35. The van der Waals surface area contributed by atoms with Crippen LogP contribution in [-0.4, -0.2) is 21.6 Å². The maximum atomic E-state index is 9.13. The molecule has 0 aliphatic carbocycles. The first-order valence-corrected chi connectivity index (χ1v) is 6.95. The summed E-state index contributed by atoms with van der Waals surface area (Å²) in [6, 6.07) is 10.0. The molecule has 0 aliphatic rings. The van der Waals surface area contributed by atoms with Crippen LogP contribution in [-0.2, 0) is 12.0 Å². The molecule has 0 N–H and O–H groups in total. The van der Waals surface area contributed by atoms with Crippen molar-refractivity contribution in [1.82, 2.24) is 15.0 Å². The summed E-state index contributed by atoms with van der Waals surface area (Å²) in [5, 5.41) is 17.1. The SMILES string of the molecule is Cc1ccc(OCCn2nnc(C#N)c2C(C)(C)C)cc1. The van der Waals surface area contributed by atoms with Crippen molar-refractivity contribution in [1.29, 1.82) is 5.26 Å². The topological polar surface area (TPSA) is 63.7 Å². The first-order chi connectivity index (χ1) is 9.91. The van der Waals surface area contributed by atoms with E-state index in [2.05, 4.69) is 16.4 Å². The van der Waals surface area contributed by atoms with Gasteiger partial charge in [-0.1, -0.05) is 43.7 Å². The van der Waals surface area contributed by atoms with Crippen LogP contribution in [0.3, 0.4) is 0 Å². The van der Waals surface area contributed by atoms with Crippen molar-refractivity contribution in [3.05, 3.63) is 41.2 Å². The average Bonchev–Trinajstić information content (AvgIpc) is 2.84. The van der Waals surface area contributed by atoms with Crippen molar-refractivity contribution in [3.8, 4) is 11.8 Å². The lowest BCUT2D eigenvalue weighted by Crippen LogP contribution is -2.22. The van der Waals surface area contributed by atoms with Crippen molar-refractivity contribution >= 4 is 0 Å². The number of rotatable bonds is 4. The van der Waals surface area contributed by atoms with Crippen LogP contribution in [0, 0.1) is 18.3 Å². The van der Waals surface area contributed by atoms with E-state index in [0.29, 0.717) is 18.8 Å². The summed E-state index contributed by atoms with van der Waals surface area (Å²) in [6.07, 6.45) is 0. The van der Waals surface area contributed by atoms with Gasteiger partial charge in [-0.2, -0.15) is 5.26 Å². The zero-order valence-corrected chi connectivity index (χ0v) is 12.9. The molecule has 5 nitrogen and oxygen atoms in total. The molecule has 0 bridgehead atoms. The Morgan fingerprint density at radius 1 is 1.24 bits per heavy atom. The molecule has 110 valence electrons. The van der Waals surface area contributed by atoms with E-state index >= 15 is 0 Å². The fourth-order valence-corrected chi connectivity index (χ4v) is 2.17. The van der Waals surface area contributed by atoms with Gasteiger partial charge in [0.15, 0.2) is 5.69 Å². The molecular formula is C16H20N4O. The largest absolute Gasteiger partial charge is 0.492 e. The quantitative estimate of drug-likeness (QED) is 0.866. The number of nitriles is 1. The second kappa shape index (κ2) is 5.96. The molecule has 0 radical (unpaired) electrons. The molecule has 1 heterocycles. The van der Waals surface area contributed by atoms with E-state index in [1.807, 2.05) is 52.0 Å². The Labute approximate surface area is 125 Å². The molecule has 0 saturated heterocycles. The molecule has 0 fully saturated rings. The number of hydrogen-bond acceptors (Lipinski definition) is 4. The van der Waals surface area contributed by atoms with Gasteiger partial charge in [-0.25, -0.2) is 4.68 Å². The first-order valence-electron chi connectivity index (χ1n) is 6.95. The Morgan fingerprint density at radius 3 is 2.48 bits per heavy atom. The van der Waals surface area contributed by atoms with Gasteiger partial charge < -0.3 is 4.74 Å². The van der Waals surface area contributed by atoms with Crippen molar-refractivity contribution in [2.24, 2.45) is 0 Å². The number of ether oxygens (including phenoxy) is 1. The second-order valence-electron chi connectivity index (χ2n) is 6.03. The van der Waals surface area contributed by atoms with E-state index in [1.54, 1.807) is 4.68 Å². The van der Waals surface area contributed by atoms with E-state index in [0.717, 1.165) is 11.4 Å². The summed E-state index contributed by atoms with van der Waals surface area (Å²) in [5.41, 5.74) is 2.25. The molecule has 2 aromatic rings. The molecule has 0 unspecified atom stereocenters. The van der Waals surface area contributed by atoms with E-state index in [-0.39, 0.29) is 5.41 Å². The molecule has 1 aromatic carbocycles. The molecule has 5 heteroatoms. The summed E-state index contributed by atoms with van der Waals surface area (Å²) < 4.78 is 7.46. The van der Waals surface area contributed by atoms with Gasteiger partial charge in [-0.15, -0.1) is 5.10 Å². The average molecular weight is 284 g/mol. The van der Waals surface area contributed by atoms with Gasteiger partial charge in [-0.05, 0) is 19.1 Å². The lowest BCUT2D eigenvalue weighted by atomic mass is 9.90. The third-order valence-electron chi connectivity index (χ3n) is 3.14. The highest BCUT2D eigenvalue weighted by molar-refractivity contribution is 5.30. The summed E-state index contributed by atoms with van der Waals surface area (Å²) in [5.74, 6) is 0.832. The number of aryl methyl sites for hydroxylation is 1. The predicted molar refractivity (Wildman–Crippen MR) is 80.1 cm³/mol. The minimum Gasteiger partial charge on any atom is -0.492 e. The minimum absolute atomic E-state index is 0.182.